The predicted octanol–water partition coefficient (Wildman–Crippen LogP) is 2.48. The van der Waals surface area contributed by atoms with Gasteiger partial charge in [0.25, 0.3) is 5.91 Å². The summed E-state index contributed by atoms with van der Waals surface area (Å²) in [7, 11) is 0. The Kier molecular flexibility index (Phi) is 6.22. The van der Waals surface area contributed by atoms with Crippen LogP contribution in [-0.4, -0.2) is 47.2 Å². The molecule has 0 atom stereocenters. The molecule has 0 aliphatic carbocycles. The topological polar surface area (TPSA) is 76.4 Å². The van der Waals surface area contributed by atoms with Crippen LogP contribution in [0.2, 0.25) is 5.02 Å². The number of nitrogens with one attached hydrogen (secondary N) is 1. The lowest BCUT2D eigenvalue weighted by atomic mass is 10.2. The van der Waals surface area contributed by atoms with Crippen LogP contribution >= 0.6 is 11.6 Å². The van der Waals surface area contributed by atoms with Crippen LogP contribution in [-0.2, 0) is 11.3 Å². The van der Waals surface area contributed by atoms with Crippen LogP contribution in [0.5, 0.6) is 0 Å². The maximum Gasteiger partial charge on any atom is 0.272 e. The van der Waals surface area contributed by atoms with Gasteiger partial charge in [0.1, 0.15) is 0 Å². The molecule has 0 fully saturated rings. The lowest BCUT2D eigenvalue weighted by Gasteiger charge is -2.06. The molecule has 0 unspecified atom stereocenters. The summed E-state index contributed by atoms with van der Waals surface area (Å²) in [6.07, 6.45) is 0. The summed E-state index contributed by atoms with van der Waals surface area (Å²) >= 11 is 6.25. The average molecular weight is 374 g/mol. The van der Waals surface area contributed by atoms with E-state index in [4.69, 9.17) is 21.4 Å². The SMILES string of the molecule is O=C(NCCOCCO)c1nn(Cc2ccccc2Cl)c2ccccc12. The number of amides is 1. The Bertz CT molecular complexity index is 895. The number of carbonyl (C=O) groups excluding carboxylic acids is 1. The first-order valence-corrected chi connectivity index (χ1v) is 8.74. The Labute approximate surface area is 156 Å². The number of halogens is 1. The van der Waals surface area contributed by atoms with E-state index in [1.807, 2.05) is 48.5 Å². The summed E-state index contributed by atoms with van der Waals surface area (Å²) in [5.74, 6) is -0.258. The maximum atomic E-state index is 12.5. The van der Waals surface area contributed by atoms with Crippen molar-refractivity contribution in [1.82, 2.24) is 15.1 Å². The van der Waals surface area contributed by atoms with E-state index in [-0.39, 0.29) is 19.1 Å². The molecular formula is C19H20ClN3O3. The fourth-order valence-electron chi connectivity index (χ4n) is 2.69. The number of aliphatic hydroxyl groups excluding tert-OH is 1. The van der Waals surface area contributed by atoms with E-state index in [1.165, 1.54) is 0 Å². The molecule has 0 radical (unpaired) electrons. The molecule has 2 N–H and O–H groups in total. The molecule has 0 bridgehead atoms. The van der Waals surface area contributed by atoms with Crippen molar-refractivity contribution in [2.45, 2.75) is 6.54 Å². The summed E-state index contributed by atoms with van der Waals surface area (Å²) < 4.78 is 6.93. The van der Waals surface area contributed by atoms with Gasteiger partial charge in [0, 0.05) is 17.0 Å². The molecule has 3 rings (SSSR count). The van der Waals surface area contributed by atoms with E-state index in [0.29, 0.717) is 30.4 Å². The van der Waals surface area contributed by atoms with E-state index >= 15 is 0 Å². The van der Waals surface area contributed by atoms with Crippen LogP contribution in [0.25, 0.3) is 10.9 Å². The minimum absolute atomic E-state index is 0.0367. The second kappa shape index (κ2) is 8.80. The second-order valence-corrected chi connectivity index (χ2v) is 6.11. The first kappa shape index (κ1) is 18.4. The van der Waals surface area contributed by atoms with Gasteiger partial charge in [-0.3, -0.25) is 9.48 Å². The highest BCUT2D eigenvalue weighted by Gasteiger charge is 2.17. The zero-order chi connectivity index (χ0) is 18.4. The molecule has 136 valence electrons. The number of aromatic nitrogens is 2. The van der Waals surface area contributed by atoms with Gasteiger partial charge >= 0.3 is 0 Å². The van der Waals surface area contributed by atoms with Crippen molar-refractivity contribution in [2.24, 2.45) is 0 Å². The van der Waals surface area contributed by atoms with Crippen LogP contribution in [0.4, 0.5) is 0 Å². The van der Waals surface area contributed by atoms with Crippen LogP contribution in [0.15, 0.2) is 48.5 Å². The fourth-order valence-corrected chi connectivity index (χ4v) is 2.89. The number of ether oxygens (including phenoxy) is 1. The van der Waals surface area contributed by atoms with Gasteiger partial charge in [-0.15, -0.1) is 0 Å². The lowest BCUT2D eigenvalue weighted by molar-refractivity contribution is 0.0835. The van der Waals surface area contributed by atoms with Crippen molar-refractivity contribution in [3.63, 3.8) is 0 Å². The largest absolute Gasteiger partial charge is 0.394 e. The quantitative estimate of drug-likeness (QED) is 0.595. The third-order valence-corrected chi connectivity index (χ3v) is 4.29. The zero-order valence-electron chi connectivity index (χ0n) is 14.2. The summed E-state index contributed by atoms with van der Waals surface area (Å²) in [5.41, 5.74) is 2.18. The number of carbonyl (C=O) groups is 1. The highest BCUT2D eigenvalue weighted by atomic mass is 35.5. The standard InChI is InChI=1S/C19H20ClN3O3/c20-16-7-3-1-5-14(16)13-23-17-8-4-2-6-15(17)18(22-23)19(25)21-9-11-26-12-10-24/h1-8,24H,9-13H2,(H,21,25). The Morgan fingerprint density at radius 1 is 1.15 bits per heavy atom. The Morgan fingerprint density at radius 3 is 2.73 bits per heavy atom. The molecule has 0 aliphatic rings. The Balaban J connectivity index is 1.81. The van der Waals surface area contributed by atoms with E-state index < -0.39 is 0 Å². The monoisotopic (exact) mass is 373 g/mol. The minimum atomic E-state index is -0.258. The van der Waals surface area contributed by atoms with Crippen LogP contribution in [0, 0.1) is 0 Å². The number of hydrogen-bond donors (Lipinski definition) is 2. The molecule has 0 saturated heterocycles. The van der Waals surface area contributed by atoms with Gasteiger partial charge in [-0.05, 0) is 17.7 Å². The van der Waals surface area contributed by atoms with Crippen LogP contribution in [0.1, 0.15) is 16.1 Å². The molecule has 0 spiro atoms. The second-order valence-electron chi connectivity index (χ2n) is 5.71. The van der Waals surface area contributed by atoms with Crippen LogP contribution in [0.3, 0.4) is 0 Å². The molecule has 1 heterocycles. The summed E-state index contributed by atoms with van der Waals surface area (Å²) in [5, 5.41) is 17.4. The van der Waals surface area contributed by atoms with Crippen molar-refractivity contribution >= 4 is 28.4 Å². The van der Waals surface area contributed by atoms with Gasteiger partial charge < -0.3 is 15.2 Å². The van der Waals surface area contributed by atoms with E-state index in [1.54, 1.807) is 4.68 Å². The van der Waals surface area contributed by atoms with Crippen molar-refractivity contribution in [3.8, 4) is 0 Å². The van der Waals surface area contributed by atoms with Gasteiger partial charge in [0.15, 0.2) is 5.69 Å². The van der Waals surface area contributed by atoms with Crippen molar-refractivity contribution in [2.75, 3.05) is 26.4 Å². The molecule has 26 heavy (non-hydrogen) atoms. The van der Waals surface area contributed by atoms with E-state index in [0.717, 1.165) is 16.5 Å². The zero-order valence-corrected chi connectivity index (χ0v) is 14.9. The highest BCUT2D eigenvalue weighted by molar-refractivity contribution is 6.31. The Morgan fingerprint density at radius 2 is 1.92 bits per heavy atom. The summed E-state index contributed by atoms with van der Waals surface area (Å²) in [4.78, 5) is 12.5. The maximum absolute atomic E-state index is 12.5. The molecule has 7 heteroatoms. The average Bonchev–Trinajstić information content (AvgIpc) is 3.02. The number of rotatable bonds is 8. The number of aliphatic hydroxyl groups is 1. The molecular weight excluding hydrogens is 354 g/mol. The van der Waals surface area contributed by atoms with Gasteiger partial charge in [-0.1, -0.05) is 48.0 Å². The van der Waals surface area contributed by atoms with Crippen molar-refractivity contribution in [3.05, 3.63) is 64.8 Å². The highest BCUT2D eigenvalue weighted by Crippen LogP contribution is 2.22. The van der Waals surface area contributed by atoms with Gasteiger partial charge in [-0.25, -0.2) is 0 Å². The number of fused-ring (bicyclic) bond motifs is 1. The molecule has 1 amide bonds. The van der Waals surface area contributed by atoms with E-state index in [9.17, 15) is 4.79 Å². The number of para-hydroxylation sites is 1. The lowest BCUT2D eigenvalue weighted by Crippen LogP contribution is -2.28. The minimum Gasteiger partial charge on any atom is -0.394 e. The third kappa shape index (κ3) is 4.22. The molecule has 0 saturated carbocycles. The van der Waals surface area contributed by atoms with Crippen molar-refractivity contribution in [1.29, 1.82) is 0 Å². The molecule has 2 aromatic carbocycles. The molecule has 3 aromatic rings. The summed E-state index contributed by atoms with van der Waals surface area (Å²) in [6, 6.07) is 15.2. The first-order valence-electron chi connectivity index (χ1n) is 8.36. The van der Waals surface area contributed by atoms with Crippen molar-refractivity contribution < 1.29 is 14.6 Å². The molecule has 1 aromatic heterocycles. The normalized spacial score (nSPS) is 11.0. The first-order chi connectivity index (χ1) is 12.7. The van der Waals surface area contributed by atoms with Gasteiger partial charge in [0.05, 0.1) is 31.9 Å². The van der Waals surface area contributed by atoms with Gasteiger partial charge in [-0.2, -0.15) is 5.10 Å². The van der Waals surface area contributed by atoms with E-state index in [2.05, 4.69) is 10.4 Å². The number of nitrogens with zero attached hydrogens (tertiary/aromatic N) is 2. The van der Waals surface area contributed by atoms with Crippen LogP contribution < -0.4 is 5.32 Å². The predicted molar refractivity (Wildman–Crippen MR) is 101 cm³/mol. The smallest absolute Gasteiger partial charge is 0.272 e. The molecule has 6 nitrogen and oxygen atoms in total. The third-order valence-electron chi connectivity index (χ3n) is 3.92. The molecule has 0 aliphatic heterocycles. The number of hydrogen-bond acceptors (Lipinski definition) is 4. The fraction of sp³-hybridized carbons (Fsp3) is 0.263. The van der Waals surface area contributed by atoms with Gasteiger partial charge in [0.2, 0.25) is 0 Å². The Hall–Kier alpha value is -2.41. The number of benzene rings is 2. The summed E-state index contributed by atoms with van der Waals surface area (Å²) in [6.45, 7) is 1.39.